The summed E-state index contributed by atoms with van der Waals surface area (Å²) >= 11 is 0. The van der Waals surface area contributed by atoms with Gasteiger partial charge in [-0.15, -0.1) is 10.2 Å². The highest BCUT2D eigenvalue weighted by Gasteiger charge is 2.04. The molecule has 1 aromatic carbocycles. The van der Waals surface area contributed by atoms with Crippen molar-refractivity contribution in [2.75, 3.05) is 19.4 Å². The normalized spacial score (nSPS) is 10.9. The van der Waals surface area contributed by atoms with Crippen molar-refractivity contribution in [1.82, 2.24) is 10.2 Å². The quantitative estimate of drug-likeness (QED) is 0.792. The third kappa shape index (κ3) is 5.43. The number of azo groups is 1. The highest BCUT2D eigenvalue weighted by molar-refractivity contribution is 5.89. The number of rotatable bonds is 6. The van der Waals surface area contributed by atoms with E-state index in [0.29, 0.717) is 11.5 Å². The lowest BCUT2D eigenvalue weighted by molar-refractivity contribution is -0.114. The van der Waals surface area contributed by atoms with Gasteiger partial charge in [0.15, 0.2) is 5.82 Å². The van der Waals surface area contributed by atoms with Gasteiger partial charge in [-0.05, 0) is 18.2 Å². The number of carbonyl (C=O) groups is 1. The summed E-state index contributed by atoms with van der Waals surface area (Å²) in [6.45, 7) is 5.09. The van der Waals surface area contributed by atoms with Crippen LogP contribution in [-0.2, 0) is 4.79 Å². The first-order valence-corrected chi connectivity index (χ1v) is 6.18. The Morgan fingerprint density at radius 3 is 2.81 bits per heavy atom. The number of carbonyl (C=O) groups excluding carboxylic acids is 1. The Morgan fingerprint density at radius 2 is 2.19 bits per heavy atom. The Hall–Kier alpha value is -2.70. The van der Waals surface area contributed by atoms with Gasteiger partial charge in [-0.1, -0.05) is 6.58 Å². The fraction of sp³-hybridized carbons (Fsp3) is 0.214. The molecule has 0 aliphatic carbocycles. The average Bonchev–Trinajstić information content (AvgIpc) is 2.44. The van der Waals surface area contributed by atoms with Gasteiger partial charge in [0.1, 0.15) is 11.5 Å². The molecule has 1 amide bonds. The van der Waals surface area contributed by atoms with Crippen molar-refractivity contribution in [3.05, 3.63) is 48.8 Å². The lowest BCUT2D eigenvalue weighted by Gasteiger charge is -2.11. The third-order valence-electron chi connectivity index (χ3n) is 2.41. The molecular formula is C14H18FN5O. The Labute approximate surface area is 123 Å². The molecule has 0 aliphatic rings. The zero-order valence-electron chi connectivity index (χ0n) is 12.2. The van der Waals surface area contributed by atoms with Gasteiger partial charge in [0, 0.05) is 39.1 Å². The van der Waals surface area contributed by atoms with Crippen LogP contribution in [0, 0.1) is 5.82 Å². The second-order valence-corrected chi connectivity index (χ2v) is 4.18. The van der Waals surface area contributed by atoms with Crippen molar-refractivity contribution in [3.8, 4) is 0 Å². The third-order valence-corrected chi connectivity index (χ3v) is 2.41. The minimum Gasteiger partial charge on any atom is -0.393 e. The summed E-state index contributed by atoms with van der Waals surface area (Å²) in [5.74, 6) is -0.439. The zero-order chi connectivity index (χ0) is 15.8. The molecule has 21 heavy (non-hydrogen) atoms. The molecule has 0 fully saturated rings. The maximum Gasteiger partial charge on any atom is 0.221 e. The van der Waals surface area contributed by atoms with Crippen molar-refractivity contribution in [3.63, 3.8) is 0 Å². The van der Waals surface area contributed by atoms with E-state index in [1.807, 2.05) is 0 Å². The van der Waals surface area contributed by atoms with E-state index in [1.165, 1.54) is 25.1 Å². The predicted molar refractivity (Wildman–Crippen MR) is 80.3 cm³/mol. The van der Waals surface area contributed by atoms with Crippen LogP contribution in [0.15, 0.2) is 53.2 Å². The minimum absolute atomic E-state index is 0.0217. The molecule has 0 radical (unpaired) electrons. The highest BCUT2D eigenvalue weighted by atomic mass is 19.1. The molecule has 0 aromatic heterocycles. The number of anilines is 1. The number of halogens is 1. The highest BCUT2D eigenvalue weighted by Crippen LogP contribution is 2.23. The lowest BCUT2D eigenvalue weighted by atomic mass is 10.2. The van der Waals surface area contributed by atoms with E-state index in [0.717, 1.165) is 0 Å². The first-order chi connectivity index (χ1) is 9.93. The molecule has 0 saturated heterocycles. The summed E-state index contributed by atoms with van der Waals surface area (Å²) in [5, 5.41) is 13.0. The first kappa shape index (κ1) is 16.4. The van der Waals surface area contributed by atoms with E-state index in [1.54, 1.807) is 31.4 Å². The Balaban J connectivity index is 2.86. The van der Waals surface area contributed by atoms with Crippen LogP contribution >= 0.6 is 0 Å². The van der Waals surface area contributed by atoms with Crippen LogP contribution in [0.1, 0.15) is 6.92 Å². The van der Waals surface area contributed by atoms with Gasteiger partial charge in [0.05, 0.1) is 0 Å². The Morgan fingerprint density at radius 1 is 1.48 bits per heavy atom. The topological polar surface area (TPSA) is 69.1 Å². The number of hydrogen-bond acceptors (Lipinski definition) is 5. The molecule has 0 unspecified atom stereocenters. The molecule has 0 atom stereocenters. The zero-order valence-corrected chi connectivity index (χ0v) is 12.2. The molecule has 7 heteroatoms. The van der Waals surface area contributed by atoms with E-state index < -0.39 is 5.82 Å². The summed E-state index contributed by atoms with van der Waals surface area (Å²) in [6, 6.07) is 4.07. The standard InChI is InChI=1S/C14H18FN5O/c1-10(20(4)8-7-16-3)18-19-14-9-12(17-11(2)21)5-6-13(14)15/h5-9,16H,1H2,2-4H3,(H,17,21). The van der Waals surface area contributed by atoms with Gasteiger partial charge in [0.2, 0.25) is 5.91 Å². The summed E-state index contributed by atoms with van der Waals surface area (Å²) in [7, 11) is 3.50. The van der Waals surface area contributed by atoms with Crippen molar-refractivity contribution in [2.24, 2.45) is 10.2 Å². The van der Waals surface area contributed by atoms with E-state index in [-0.39, 0.29) is 11.6 Å². The Kier molecular flexibility index (Phi) is 6.06. The van der Waals surface area contributed by atoms with Gasteiger partial charge in [-0.25, -0.2) is 4.39 Å². The molecule has 0 heterocycles. The SMILES string of the molecule is C=C(N=Nc1cc(NC(C)=O)ccc1F)N(C)C=CNC. The second-order valence-electron chi connectivity index (χ2n) is 4.18. The largest absolute Gasteiger partial charge is 0.393 e. The number of hydrogen-bond donors (Lipinski definition) is 2. The van der Waals surface area contributed by atoms with Crippen LogP contribution in [0.25, 0.3) is 0 Å². The molecule has 1 rings (SSSR count). The van der Waals surface area contributed by atoms with Crippen LogP contribution < -0.4 is 10.6 Å². The molecule has 6 nitrogen and oxygen atoms in total. The first-order valence-electron chi connectivity index (χ1n) is 6.18. The summed E-state index contributed by atoms with van der Waals surface area (Å²) < 4.78 is 13.6. The van der Waals surface area contributed by atoms with Gasteiger partial charge in [-0.2, -0.15) is 0 Å². The summed E-state index contributed by atoms with van der Waals surface area (Å²) in [5.41, 5.74) is 0.472. The maximum absolute atomic E-state index is 13.6. The predicted octanol–water partition coefficient (Wildman–Crippen LogP) is 2.96. The molecule has 0 bridgehead atoms. The van der Waals surface area contributed by atoms with Crippen LogP contribution in [0.5, 0.6) is 0 Å². The van der Waals surface area contributed by atoms with Gasteiger partial charge in [0.25, 0.3) is 0 Å². The summed E-state index contributed by atoms with van der Waals surface area (Å²) in [4.78, 5) is 12.6. The fourth-order valence-electron chi connectivity index (χ4n) is 1.32. The molecular weight excluding hydrogens is 273 g/mol. The van der Waals surface area contributed by atoms with Crippen molar-refractivity contribution in [2.45, 2.75) is 6.92 Å². The maximum atomic E-state index is 13.6. The number of benzene rings is 1. The van der Waals surface area contributed by atoms with Gasteiger partial charge < -0.3 is 15.5 Å². The molecule has 0 aliphatic heterocycles. The van der Waals surface area contributed by atoms with Gasteiger partial charge >= 0.3 is 0 Å². The van der Waals surface area contributed by atoms with Crippen LogP contribution in [0.4, 0.5) is 15.8 Å². The summed E-state index contributed by atoms with van der Waals surface area (Å²) in [6.07, 6.45) is 3.39. The average molecular weight is 291 g/mol. The van der Waals surface area contributed by atoms with Crippen molar-refractivity contribution < 1.29 is 9.18 Å². The number of nitrogens with zero attached hydrogens (tertiary/aromatic N) is 3. The number of amides is 1. The molecule has 1 aromatic rings. The van der Waals surface area contributed by atoms with Crippen molar-refractivity contribution >= 4 is 17.3 Å². The van der Waals surface area contributed by atoms with Crippen LogP contribution in [-0.4, -0.2) is 24.9 Å². The monoisotopic (exact) mass is 291 g/mol. The van der Waals surface area contributed by atoms with E-state index in [9.17, 15) is 9.18 Å². The van der Waals surface area contributed by atoms with Crippen molar-refractivity contribution in [1.29, 1.82) is 0 Å². The molecule has 0 spiro atoms. The fourth-order valence-corrected chi connectivity index (χ4v) is 1.32. The smallest absolute Gasteiger partial charge is 0.221 e. The minimum atomic E-state index is -0.533. The number of nitrogens with one attached hydrogen (secondary N) is 2. The van der Waals surface area contributed by atoms with Crippen LogP contribution in [0.2, 0.25) is 0 Å². The second kappa shape index (κ2) is 7.78. The molecule has 2 N–H and O–H groups in total. The van der Waals surface area contributed by atoms with E-state index in [2.05, 4.69) is 27.4 Å². The van der Waals surface area contributed by atoms with E-state index >= 15 is 0 Å². The Bertz CT molecular complexity index is 583. The van der Waals surface area contributed by atoms with Gasteiger partial charge in [-0.3, -0.25) is 4.79 Å². The lowest BCUT2D eigenvalue weighted by Crippen LogP contribution is -2.08. The van der Waals surface area contributed by atoms with Crippen LogP contribution in [0.3, 0.4) is 0 Å². The van der Waals surface area contributed by atoms with E-state index in [4.69, 9.17) is 0 Å². The molecule has 0 saturated carbocycles. The molecule has 112 valence electrons.